The summed E-state index contributed by atoms with van der Waals surface area (Å²) in [6.07, 6.45) is 0.987. The number of ether oxygens (including phenoxy) is 1. The number of carbonyl (C=O) groups excluding carboxylic acids is 1. The Kier molecular flexibility index (Phi) is 5.20. The number of benzene rings is 1. The van der Waals surface area contributed by atoms with Crippen LogP contribution < -0.4 is 5.32 Å². The van der Waals surface area contributed by atoms with Gasteiger partial charge in [-0.25, -0.2) is 4.79 Å². The Labute approximate surface area is 110 Å². The van der Waals surface area contributed by atoms with E-state index >= 15 is 0 Å². The summed E-state index contributed by atoms with van der Waals surface area (Å²) >= 11 is 0. The molecule has 0 fully saturated rings. The third-order valence-corrected chi connectivity index (χ3v) is 3.07. The lowest BCUT2D eigenvalue weighted by molar-refractivity contribution is -0.147. The number of para-hydroxylation sites is 1. The van der Waals surface area contributed by atoms with Crippen molar-refractivity contribution in [2.24, 2.45) is 5.41 Å². The molecule has 0 unspecified atom stereocenters. The SMILES string of the molecule is CCC(C)(C)COC(=O)[C@H](C)Nc1ccccc1. The van der Waals surface area contributed by atoms with Crippen LogP contribution in [0.3, 0.4) is 0 Å². The zero-order valence-electron chi connectivity index (χ0n) is 11.7. The predicted molar refractivity (Wildman–Crippen MR) is 74.6 cm³/mol. The molecule has 100 valence electrons. The lowest BCUT2D eigenvalue weighted by Crippen LogP contribution is -2.31. The van der Waals surface area contributed by atoms with Crippen molar-refractivity contribution in [1.82, 2.24) is 0 Å². The summed E-state index contributed by atoms with van der Waals surface area (Å²) < 4.78 is 5.33. The van der Waals surface area contributed by atoms with E-state index in [0.29, 0.717) is 6.61 Å². The minimum Gasteiger partial charge on any atom is -0.464 e. The zero-order valence-corrected chi connectivity index (χ0v) is 11.7. The highest BCUT2D eigenvalue weighted by Crippen LogP contribution is 2.20. The Bertz CT molecular complexity index is 373. The number of esters is 1. The van der Waals surface area contributed by atoms with Crippen LogP contribution in [0.4, 0.5) is 5.69 Å². The topological polar surface area (TPSA) is 38.3 Å². The highest BCUT2D eigenvalue weighted by Gasteiger charge is 2.20. The van der Waals surface area contributed by atoms with Gasteiger partial charge in [0, 0.05) is 5.69 Å². The predicted octanol–water partition coefficient (Wildman–Crippen LogP) is 3.47. The Morgan fingerprint density at radius 2 is 1.94 bits per heavy atom. The van der Waals surface area contributed by atoms with Crippen LogP contribution in [0.25, 0.3) is 0 Å². The molecule has 0 aromatic heterocycles. The average Bonchev–Trinajstić information content (AvgIpc) is 2.37. The molecule has 0 aliphatic rings. The minimum absolute atomic E-state index is 0.0438. The van der Waals surface area contributed by atoms with Gasteiger partial charge in [0.2, 0.25) is 0 Å². The molecular formula is C15H23NO2. The maximum atomic E-state index is 11.8. The number of hydrogen-bond donors (Lipinski definition) is 1. The van der Waals surface area contributed by atoms with Crippen molar-refractivity contribution in [2.75, 3.05) is 11.9 Å². The van der Waals surface area contributed by atoms with Gasteiger partial charge < -0.3 is 10.1 Å². The Hall–Kier alpha value is -1.51. The van der Waals surface area contributed by atoms with E-state index in [-0.39, 0.29) is 17.4 Å². The van der Waals surface area contributed by atoms with Crippen molar-refractivity contribution in [1.29, 1.82) is 0 Å². The van der Waals surface area contributed by atoms with Crippen molar-refractivity contribution in [3.05, 3.63) is 30.3 Å². The summed E-state index contributed by atoms with van der Waals surface area (Å²) in [5, 5.41) is 3.12. The third kappa shape index (κ3) is 4.78. The van der Waals surface area contributed by atoms with Crippen molar-refractivity contribution in [3.63, 3.8) is 0 Å². The largest absolute Gasteiger partial charge is 0.464 e. The lowest BCUT2D eigenvalue weighted by atomic mass is 9.92. The molecule has 1 aromatic rings. The number of nitrogens with one attached hydrogen (secondary N) is 1. The molecule has 0 heterocycles. The maximum Gasteiger partial charge on any atom is 0.328 e. The van der Waals surface area contributed by atoms with Gasteiger partial charge in [0.25, 0.3) is 0 Å². The fourth-order valence-corrected chi connectivity index (χ4v) is 1.34. The first kappa shape index (κ1) is 14.6. The van der Waals surface area contributed by atoms with E-state index in [2.05, 4.69) is 26.1 Å². The van der Waals surface area contributed by atoms with E-state index in [1.54, 1.807) is 0 Å². The zero-order chi connectivity index (χ0) is 13.6. The molecule has 1 N–H and O–H groups in total. The Morgan fingerprint density at radius 1 is 1.33 bits per heavy atom. The monoisotopic (exact) mass is 249 g/mol. The highest BCUT2D eigenvalue weighted by molar-refractivity contribution is 5.78. The second kappa shape index (κ2) is 6.43. The van der Waals surface area contributed by atoms with E-state index in [4.69, 9.17) is 4.74 Å². The molecule has 0 amide bonds. The van der Waals surface area contributed by atoms with E-state index < -0.39 is 0 Å². The van der Waals surface area contributed by atoms with Gasteiger partial charge in [0.15, 0.2) is 0 Å². The number of hydrogen-bond acceptors (Lipinski definition) is 3. The van der Waals surface area contributed by atoms with Crippen LogP contribution in [0.5, 0.6) is 0 Å². The van der Waals surface area contributed by atoms with Gasteiger partial charge in [-0.2, -0.15) is 0 Å². The first-order valence-electron chi connectivity index (χ1n) is 6.43. The Morgan fingerprint density at radius 3 is 2.50 bits per heavy atom. The standard InChI is InChI=1S/C15H23NO2/c1-5-15(3,4)11-18-14(17)12(2)16-13-9-7-6-8-10-13/h6-10,12,16H,5,11H2,1-4H3/t12-/m0/s1. The van der Waals surface area contributed by atoms with Crippen molar-refractivity contribution in [3.8, 4) is 0 Å². The summed E-state index contributed by atoms with van der Waals surface area (Å²) in [5.41, 5.74) is 0.971. The quantitative estimate of drug-likeness (QED) is 0.785. The van der Waals surface area contributed by atoms with Gasteiger partial charge >= 0.3 is 5.97 Å². The molecule has 0 radical (unpaired) electrons. The number of rotatable bonds is 6. The second-order valence-corrected chi connectivity index (χ2v) is 5.36. The van der Waals surface area contributed by atoms with Crippen LogP contribution in [0, 0.1) is 5.41 Å². The fourth-order valence-electron chi connectivity index (χ4n) is 1.34. The molecule has 1 rings (SSSR count). The summed E-state index contributed by atoms with van der Waals surface area (Å²) in [5.74, 6) is -0.208. The van der Waals surface area contributed by atoms with Gasteiger partial charge in [-0.1, -0.05) is 39.0 Å². The summed E-state index contributed by atoms with van der Waals surface area (Å²) in [6, 6.07) is 9.33. The normalized spacial score (nSPS) is 12.9. The summed E-state index contributed by atoms with van der Waals surface area (Å²) in [7, 11) is 0. The van der Waals surface area contributed by atoms with Gasteiger partial charge in [-0.3, -0.25) is 0 Å². The summed E-state index contributed by atoms with van der Waals surface area (Å²) in [6.45, 7) is 8.56. The highest BCUT2D eigenvalue weighted by atomic mass is 16.5. The molecule has 0 aliphatic carbocycles. The van der Waals surface area contributed by atoms with Crippen molar-refractivity contribution >= 4 is 11.7 Å². The fraction of sp³-hybridized carbons (Fsp3) is 0.533. The van der Waals surface area contributed by atoms with E-state index in [1.807, 2.05) is 37.3 Å². The van der Waals surface area contributed by atoms with Crippen LogP contribution in [-0.2, 0) is 9.53 Å². The third-order valence-electron chi connectivity index (χ3n) is 3.07. The van der Waals surface area contributed by atoms with Crippen LogP contribution in [0.1, 0.15) is 34.1 Å². The van der Waals surface area contributed by atoms with Crippen molar-refractivity contribution < 1.29 is 9.53 Å². The van der Waals surface area contributed by atoms with Gasteiger partial charge in [-0.15, -0.1) is 0 Å². The molecule has 3 heteroatoms. The summed E-state index contributed by atoms with van der Waals surface area (Å²) in [4.78, 5) is 11.8. The van der Waals surface area contributed by atoms with Crippen LogP contribution in [0.2, 0.25) is 0 Å². The average molecular weight is 249 g/mol. The number of anilines is 1. The molecule has 0 aliphatic heterocycles. The van der Waals surface area contributed by atoms with Crippen LogP contribution in [0.15, 0.2) is 30.3 Å². The maximum absolute atomic E-state index is 11.8. The van der Waals surface area contributed by atoms with Crippen molar-refractivity contribution in [2.45, 2.75) is 40.2 Å². The molecule has 3 nitrogen and oxygen atoms in total. The van der Waals surface area contributed by atoms with Crippen LogP contribution in [-0.4, -0.2) is 18.6 Å². The molecule has 0 spiro atoms. The van der Waals surface area contributed by atoms with Gasteiger partial charge in [0.1, 0.15) is 6.04 Å². The second-order valence-electron chi connectivity index (χ2n) is 5.36. The molecule has 1 atom stereocenters. The van der Waals surface area contributed by atoms with Gasteiger partial charge in [-0.05, 0) is 30.9 Å². The first-order valence-corrected chi connectivity index (χ1v) is 6.43. The molecule has 0 bridgehead atoms. The Balaban J connectivity index is 2.43. The number of carbonyl (C=O) groups is 1. The molecule has 0 saturated heterocycles. The van der Waals surface area contributed by atoms with Crippen LogP contribution >= 0.6 is 0 Å². The lowest BCUT2D eigenvalue weighted by Gasteiger charge is -2.23. The first-order chi connectivity index (χ1) is 8.44. The molecular weight excluding hydrogens is 226 g/mol. The van der Waals surface area contributed by atoms with E-state index in [1.165, 1.54) is 0 Å². The van der Waals surface area contributed by atoms with Gasteiger partial charge in [0.05, 0.1) is 6.61 Å². The van der Waals surface area contributed by atoms with E-state index in [0.717, 1.165) is 12.1 Å². The minimum atomic E-state index is -0.333. The van der Waals surface area contributed by atoms with E-state index in [9.17, 15) is 4.79 Å². The molecule has 0 saturated carbocycles. The molecule has 18 heavy (non-hydrogen) atoms. The smallest absolute Gasteiger partial charge is 0.328 e. The molecule has 1 aromatic carbocycles.